The first-order chi connectivity index (χ1) is 9.78. The van der Waals surface area contributed by atoms with Gasteiger partial charge >= 0.3 is 6.03 Å². The highest BCUT2D eigenvalue weighted by Gasteiger charge is 2.26. The van der Waals surface area contributed by atoms with Crippen LogP contribution in [0.3, 0.4) is 0 Å². The summed E-state index contributed by atoms with van der Waals surface area (Å²) in [5.74, 6) is 0.582. The van der Waals surface area contributed by atoms with Gasteiger partial charge in [-0.15, -0.1) is 0 Å². The average Bonchev–Trinajstić information content (AvgIpc) is 3.08. The minimum absolute atomic E-state index is 0.00954. The number of rotatable bonds is 4. The van der Waals surface area contributed by atoms with Crippen LogP contribution in [0.5, 0.6) is 0 Å². The highest BCUT2D eigenvalue weighted by molar-refractivity contribution is 5.94. The van der Waals surface area contributed by atoms with Gasteiger partial charge in [-0.25, -0.2) is 4.79 Å². The maximum absolute atomic E-state index is 11.6. The number of amides is 2. The molecule has 1 aliphatic carbocycles. The second-order valence-electron chi connectivity index (χ2n) is 5.61. The number of hydrogen-bond acceptors (Lipinski definition) is 3. The Morgan fingerprint density at radius 3 is 2.75 bits per heavy atom. The third-order valence-electron chi connectivity index (χ3n) is 4.35. The van der Waals surface area contributed by atoms with Gasteiger partial charge in [0.15, 0.2) is 0 Å². The Hall–Kier alpha value is -1.75. The van der Waals surface area contributed by atoms with E-state index in [1.807, 2.05) is 24.3 Å². The van der Waals surface area contributed by atoms with Crippen LogP contribution in [-0.2, 0) is 0 Å². The van der Waals surface area contributed by atoms with Gasteiger partial charge in [0.05, 0.1) is 0 Å². The van der Waals surface area contributed by atoms with Crippen LogP contribution in [0.15, 0.2) is 24.3 Å². The lowest BCUT2D eigenvalue weighted by molar-refractivity contribution is 0.252. The molecule has 1 aliphatic heterocycles. The third kappa shape index (κ3) is 2.58. The zero-order chi connectivity index (χ0) is 13.9. The van der Waals surface area contributed by atoms with Crippen LogP contribution >= 0.6 is 0 Å². The van der Waals surface area contributed by atoms with Crippen molar-refractivity contribution in [2.75, 3.05) is 29.9 Å². The molecule has 0 aromatic heterocycles. The van der Waals surface area contributed by atoms with Crippen LogP contribution in [-0.4, -0.2) is 31.7 Å². The molecule has 2 amide bonds. The number of nitrogens with two attached hydrogens (primary N) is 1. The fourth-order valence-corrected chi connectivity index (χ4v) is 3.18. The first-order valence-corrected chi connectivity index (χ1v) is 7.40. The van der Waals surface area contributed by atoms with Gasteiger partial charge in [0.25, 0.3) is 0 Å². The predicted octanol–water partition coefficient (Wildman–Crippen LogP) is 1.76. The van der Waals surface area contributed by atoms with Crippen molar-refractivity contribution < 1.29 is 4.79 Å². The van der Waals surface area contributed by atoms with Gasteiger partial charge in [-0.05, 0) is 49.6 Å². The summed E-state index contributed by atoms with van der Waals surface area (Å²) in [4.78, 5) is 13.4. The summed E-state index contributed by atoms with van der Waals surface area (Å²) < 4.78 is 0. The molecule has 2 unspecified atom stereocenters. The SMILES string of the molecule is NCC1CCCC1Nc1ccc(N2CCNC2=O)cc1. The first kappa shape index (κ1) is 13.2. The molecule has 1 aromatic carbocycles. The Bertz CT molecular complexity index is 473. The molecule has 3 rings (SSSR count). The molecule has 0 bridgehead atoms. The lowest BCUT2D eigenvalue weighted by Gasteiger charge is -2.21. The fraction of sp³-hybridized carbons (Fsp3) is 0.533. The van der Waals surface area contributed by atoms with Crippen molar-refractivity contribution >= 4 is 17.4 Å². The number of anilines is 2. The van der Waals surface area contributed by atoms with Gasteiger partial charge in [-0.2, -0.15) is 0 Å². The van der Waals surface area contributed by atoms with E-state index >= 15 is 0 Å². The number of nitrogens with one attached hydrogen (secondary N) is 2. The molecular formula is C15H22N4O. The Kier molecular flexibility index (Phi) is 3.78. The standard InChI is InChI=1S/C15H22N4O/c16-10-11-2-1-3-14(11)18-12-4-6-13(7-5-12)19-9-8-17-15(19)20/h4-7,11,14,18H,1-3,8-10,16H2,(H,17,20). The maximum atomic E-state index is 11.6. The maximum Gasteiger partial charge on any atom is 0.321 e. The minimum atomic E-state index is -0.00954. The molecule has 2 aliphatic rings. The number of benzene rings is 1. The highest BCUT2D eigenvalue weighted by atomic mass is 16.2. The van der Waals surface area contributed by atoms with Gasteiger partial charge in [-0.1, -0.05) is 6.42 Å². The quantitative estimate of drug-likeness (QED) is 0.783. The number of urea groups is 1. The zero-order valence-corrected chi connectivity index (χ0v) is 11.6. The van der Waals surface area contributed by atoms with E-state index in [-0.39, 0.29) is 6.03 Å². The van der Waals surface area contributed by atoms with E-state index in [2.05, 4.69) is 10.6 Å². The molecule has 5 heteroatoms. The van der Waals surface area contributed by atoms with Crippen molar-refractivity contribution in [1.82, 2.24) is 5.32 Å². The van der Waals surface area contributed by atoms with Gasteiger partial charge in [0, 0.05) is 30.5 Å². The van der Waals surface area contributed by atoms with Crippen molar-refractivity contribution in [3.05, 3.63) is 24.3 Å². The number of hydrogen-bond donors (Lipinski definition) is 3. The summed E-state index contributed by atoms with van der Waals surface area (Å²) >= 11 is 0. The van der Waals surface area contributed by atoms with E-state index in [9.17, 15) is 4.79 Å². The van der Waals surface area contributed by atoms with Crippen molar-refractivity contribution in [2.45, 2.75) is 25.3 Å². The molecular weight excluding hydrogens is 252 g/mol. The van der Waals surface area contributed by atoms with Gasteiger partial charge in [0.2, 0.25) is 0 Å². The van der Waals surface area contributed by atoms with Crippen molar-refractivity contribution in [3.63, 3.8) is 0 Å². The van der Waals surface area contributed by atoms with Gasteiger partial charge in [-0.3, -0.25) is 4.90 Å². The van der Waals surface area contributed by atoms with Gasteiger partial charge in [0.1, 0.15) is 0 Å². The Balaban J connectivity index is 1.65. The van der Waals surface area contributed by atoms with Crippen molar-refractivity contribution in [1.29, 1.82) is 0 Å². The smallest absolute Gasteiger partial charge is 0.321 e. The topological polar surface area (TPSA) is 70.4 Å². The Labute approximate surface area is 119 Å². The number of nitrogens with zero attached hydrogens (tertiary/aromatic N) is 1. The van der Waals surface area contributed by atoms with E-state index < -0.39 is 0 Å². The molecule has 0 spiro atoms. The Morgan fingerprint density at radius 1 is 1.30 bits per heavy atom. The molecule has 108 valence electrons. The minimum Gasteiger partial charge on any atom is -0.382 e. The van der Waals surface area contributed by atoms with E-state index in [1.54, 1.807) is 4.90 Å². The van der Waals surface area contributed by atoms with Crippen LogP contribution < -0.4 is 21.3 Å². The molecule has 1 saturated heterocycles. The summed E-state index contributed by atoms with van der Waals surface area (Å²) in [7, 11) is 0. The molecule has 0 radical (unpaired) electrons. The summed E-state index contributed by atoms with van der Waals surface area (Å²) in [6, 6.07) is 8.57. The second kappa shape index (κ2) is 5.71. The van der Waals surface area contributed by atoms with E-state index in [1.165, 1.54) is 19.3 Å². The molecule has 1 saturated carbocycles. The lowest BCUT2D eigenvalue weighted by Crippen LogP contribution is -2.29. The number of carbonyl (C=O) groups is 1. The summed E-state index contributed by atoms with van der Waals surface area (Å²) in [5.41, 5.74) is 7.87. The van der Waals surface area contributed by atoms with Crippen LogP contribution in [0, 0.1) is 5.92 Å². The van der Waals surface area contributed by atoms with Crippen molar-refractivity contribution in [2.24, 2.45) is 11.7 Å². The van der Waals surface area contributed by atoms with Crippen LogP contribution in [0.1, 0.15) is 19.3 Å². The third-order valence-corrected chi connectivity index (χ3v) is 4.35. The van der Waals surface area contributed by atoms with Gasteiger partial charge < -0.3 is 16.4 Å². The number of carbonyl (C=O) groups excluding carboxylic acids is 1. The Morgan fingerprint density at radius 2 is 2.10 bits per heavy atom. The van der Waals surface area contributed by atoms with E-state index in [4.69, 9.17) is 5.73 Å². The van der Waals surface area contributed by atoms with Crippen LogP contribution in [0.4, 0.5) is 16.2 Å². The lowest BCUT2D eigenvalue weighted by atomic mass is 10.0. The first-order valence-electron chi connectivity index (χ1n) is 7.40. The zero-order valence-electron chi connectivity index (χ0n) is 11.6. The monoisotopic (exact) mass is 274 g/mol. The molecule has 1 heterocycles. The summed E-state index contributed by atoms with van der Waals surface area (Å²) in [5, 5.41) is 6.38. The molecule has 1 aromatic rings. The van der Waals surface area contributed by atoms with Crippen molar-refractivity contribution in [3.8, 4) is 0 Å². The molecule has 5 nitrogen and oxygen atoms in total. The van der Waals surface area contributed by atoms with Crippen LogP contribution in [0.25, 0.3) is 0 Å². The fourth-order valence-electron chi connectivity index (χ4n) is 3.18. The summed E-state index contributed by atoms with van der Waals surface area (Å²) in [6.07, 6.45) is 3.67. The largest absolute Gasteiger partial charge is 0.382 e. The summed E-state index contributed by atoms with van der Waals surface area (Å²) in [6.45, 7) is 2.21. The second-order valence-corrected chi connectivity index (χ2v) is 5.61. The molecule has 2 atom stereocenters. The predicted molar refractivity (Wildman–Crippen MR) is 81.0 cm³/mol. The van der Waals surface area contributed by atoms with Crippen LogP contribution in [0.2, 0.25) is 0 Å². The normalized spacial score (nSPS) is 25.9. The molecule has 4 N–H and O–H groups in total. The van der Waals surface area contributed by atoms with E-state index in [0.717, 1.165) is 31.0 Å². The molecule has 2 fully saturated rings. The molecule has 20 heavy (non-hydrogen) atoms. The average molecular weight is 274 g/mol. The highest BCUT2D eigenvalue weighted by Crippen LogP contribution is 2.28. The van der Waals surface area contributed by atoms with E-state index in [0.29, 0.717) is 12.0 Å².